The van der Waals surface area contributed by atoms with Crippen molar-refractivity contribution in [3.8, 4) is 17.2 Å². The fourth-order valence-electron chi connectivity index (χ4n) is 3.45. The number of aliphatic hydroxyl groups is 1. The molecule has 134 valence electrons. The van der Waals surface area contributed by atoms with Crippen LogP contribution in [0, 0.1) is 0 Å². The summed E-state index contributed by atoms with van der Waals surface area (Å²) in [6, 6.07) is 11.6. The quantitative estimate of drug-likeness (QED) is 0.873. The summed E-state index contributed by atoms with van der Waals surface area (Å²) in [5.41, 5.74) is 3.07. The van der Waals surface area contributed by atoms with E-state index in [1.165, 1.54) is 5.56 Å². The normalized spacial score (nSPS) is 14.6. The molecule has 5 nitrogen and oxygen atoms in total. The Labute approximate surface area is 148 Å². The van der Waals surface area contributed by atoms with Crippen LogP contribution in [0.5, 0.6) is 17.2 Å². The fraction of sp³-hybridized carbons (Fsp3) is 0.400. The number of rotatable bonds is 6. The van der Waals surface area contributed by atoms with E-state index in [0.29, 0.717) is 18.0 Å². The number of hydrogen-bond donors (Lipinski definition) is 1. The van der Waals surface area contributed by atoms with Crippen molar-refractivity contribution in [2.75, 3.05) is 39.3 Å². The summed E-state index contributed by atoms with van der Waals surface area (Å²) in [4.78, 5) is 2.20. The van der Waals surface area contributed by atoms with Gasteiger partial charge in [-0.3, -0.25) is 0 Å². The molecule has 25 heavy (non-hydrogen) atoms. The van der Waals surface area contributed by atoms with Gasteiger partial charge in [0.05, 0.1) is 27.0 Å². The molecule has 1 heterocycles. The van der Waals surface area contributed by atoms with Crippen molar-refractivity contribution in [1.29, 1.82) is 0 Å². The maximum atomic E-state index is 10.9. The molecule has 0 amide bonds. The molecule has 0 aliphatic carbocycles. The molecule has 1 aliphatic heterocycles. The van der Waals surface area contributed by atoms with Crippen molar-refractivity contribution >= 4 is 5.69 Å². The smallest absolute Gasteiger partial charge is 0.142 e. The van der Waals surface area contributed by atoms with E-state index in [1.807, 2.05) is 30.3 Å². The van der Waals surface area contributed by atoms with Crippen LogP contribution in [0.1, 0.15) is 23.7 Å². The summed E-state index contributed by atoms with van der Waals surface area (Å²) < 4.78 is 16.2. The number of aryl methyl sites for hydroxylation is 1. The average Bonchev–Trinajstić information content (AvgIpc) is 2.67. The standard InChI is InChI=1S/C20H25NO4/c1-23-15-9-10-18(24-2)16(12-15)17(22)13-21-11-5-7-14-6-4-8-19(25-3)20(14)21/h4,6,8-10,12,17,22H,5,7,11,13H2,1-3H3. The maximum absolute atomic E-state index is 10.9. The lowest BCUT2D eigenvalue weighted by Crippen LogP contribution is -2.33. The molecule has 2 aromatic rings. The molecule has 1 N–H and O–H groups in total. The average molecular weight is 343 g/mol. The third-order valence-electron chi connectivity index (χ3n) is 4.68. The van der Waals surface area contributed by atoms with E-state index in [-0.39, 0.29) is 0 Å². The molecule has 0 radical (unpaired) electrons. The zero-order valence-corrected chi connectivity index (χ0v) is 15.0. The van der Waals surface area contributed by atoms with Crippen molar-refractivity contribution < 1.29 is 19.3 Å². The van der Waals surface area contributed by atoms with Gasteiger partial charge in [0.15, 0.2) is 0 Å². The predicted molar refractivity (Wildman–Crippen MR) is 98.0 cm³/mol. The molecule has 0 aromatic heterocycles. The minimum absolute atomic E-state index is 0.469. The number of fused-ring (bicyclic) bond motifs is 1. The molecule has 3 rings (SSSR count). The number of para-hydroxylation sites is 1. The summed E-state index contributed by atoms with van der Waals surface area (Å²) in [5.74, 6) is 2.21. The van der Waals surface area contributed by atoms with Gasteiger partial charge in [0.2, 0.25) is 0 Å². The summed E-state index contributed by atoms with van der Waals surface area (Å²) in [7, 11) is 4.91. The van der Waals surface area contributed by atoms with Crippen molar-refractivity contribution in [3.05, 3.63) is 47.5 Å². The largest absolute Gasteiger partial charge is 0.497 e. The van der Waals surface area contributed by atoms with Gasteiger partial charge < -0.3 is 24.2 Å². The van der Waals surface area contributed by atoms with Crippen LogP contribution in [-0.2, 0) is 6.42 Å². The Hall–Kier alpha value is -2.40. The first-order valence-electron chi connectivity index (χ1n) is 8.48. The van der Waals surface area contributed by atoms with E-state index in [1.54, 1.807) is 21.3 Å². The minimum atomic E-state index is -0.694. The number of nitrogens with zero attached hydrogens (tertiary/aromatic N) is 1. The van der Waals surface area contributed by atoms with Crippen LogP contribution < -0.4 is 19.1 Å². The first-order chi connectivity index (χ1) is 12.2. The topological polar surface area (TPSA) is 51.2 Å². The molecule has 0 bridgehead atoms. The number of benzene rings is 2. The second-order valence-electron chi connectivity index (χ2n) is 6.14. The van der Waals surface area contributed by atoms with Gasteiger partial charge in [-0.1, -0.05) is 12.1 Å². The van der Waals surface area contributed by atoms with Crippen molar-refractivity contribution in [2.45, 2.75) is 18.9 Å². The Kier molecular flexibility index (Phi) is 5.34. The maximum Gasteiger partial charge on any atom is 0.142 e. The van der Waals surface area contributed by atoms with Crippen LogP contribution in [0.25, 0.3) is 0 Å². The lowest BCUT2D eigenvalue weighted by molar-refractivity contribution is 0.177. The molecule has 0 spiro atoms. The zero-order valence-electron chi connectivity index (χ0n) is 15.0. The van der Waals surface area contributed by atoms with E-state index in [9.17, 15) is 5.11 Å². The third-order valence-corrected chi connectivity index (χ3v) is 4.68. The summed E-state index contributed by atoms with van der Waals surface area (Å²) >= 11 is 0. The Balaban J connectivity index is 1.89. The molecule has 1 aliphatic rings. The summed E-state index contributed by atoms with van der Waals surface area (Å²) in [5, 5.41) is 10.9. The van der Waals surface area contributed by atoms with E-state index in [0.717, 1.165) is 36.4 Å². The third kappa shape index (κ3) is 3.51. The zero-order chi connectivity index (χ0) is 17.8. The summed E-state index contributed by atoms with van der Waals surface area (Å²) in [6.07, 6.45) is 1.39. The Morgan fingerprint density at radius 2 is 1.84 bits per heavy atom. The monoisotopic (exact) mass is 343 g/mol. The van der Waals surface area contributed by atoms with Crippen LogP contribution in [0.15, 0.2) is 36.4 Å². The molecule has 0 saturated carbocycles. The number of methoxy groups -OCH3 is 3. The highest BCUT2D eigenvalue weighted by molar-refractivity contribution is 5.65. The molecule has 5 heteroatoms. The second kappa shape index (κ2) is 7.66. The Bertz CT molecular complexity index is 717. The van der Waals surface area contributed by atoms with Gasteiger partial charge in [-0.25, -0.2) is 0 Å². The second-order valence-corrected chi connectivity index (χ2v) is 6.14. The van der Waals surface area contributed by atoms with Crippen LogP contribution in [0.2, 0.25) is 0 Å². The number of anilines is 1. The Morgan fingerprint density at radius 1 is 1.04 bits per heavy atom. The van der Waals surface area contributed by atoms with Gasteiger partial charge in [-0.2, -0.15) is 0 Å². The number of hydrogen-bond acceptors (Lipinski definition) is 5. The molecular weight excluding hydrogens is 318 g/mol. The molecule has 0 saturated heterocycles. The molecule has 2 aromatic carbocycles. The van der Waals surface area contributed by atoms with Crippen LogP contribution in [0.4, 0.5) is 5.69 Å². The molecule has 1 unspecified atom stereocenters. The van der Waals surface area contributed by atoms with Crippen LogP contribution in [0.3, 0.4) is 0 Å². The van der Waals surface area contributed by atoms with Gasteiger partial charge in [-0.15, -0.1) is 0 Å². The van der Waals surface area contributed by atoms with E-state index in [4.69, 9.17) is 14.2 Å². The first-order valence-corrected chi connectivity index (χ1v) is 8.48. The fourth-order valence-corrected chi connectivity index (χ4v) is 3.45. The predicted octanol–water partition coefficient (Wildman–Crippen LogP) is 3.20. The van der Waals surface area contributed by atoms with E-state index >= 15 is 0 Å². The van der Waals surface area contributed by atoms with Gasteiger partial charge in [0.1, 0.15) is 23.4 Å². The minimum Gasteiger partial charge on any atom is -0.497 e. The van der Waals surface area contributed by atoms with Gasteiger partial charge in [0, 0.05) is 18.7 Å². The summed E-state index contributed by atoms with van der Waals surface area (Å²) in [6.45, 7) is 1.35. The SMILES string of the molecule is COc1ccc(OC)c(C(O)CN2CCCc3cccc(OC)c32)c1. The van der Waals surface area contributed by atoms with Gasteiger partial charge in [0.25, 0.3) is 0 Å². The van der Waals surface area contributed by atoms with Gasteiger partial charge in [-0.05, 0) is 42.7 Å². The van der Waals surface area contributed by atoms with E-state index in [2.05, 4.69) is 11.0 Å². The number of β-amino-alcohol motifs (C(OH)–C–C–N with tert-alkyl or cyclic N) is 1. The lowest BCUT2D eigenvalue weighted by atomic mass is 9.99. The molecular formula is C20H25NO4. The van der Waals surface area contributed by atoms with Crippen LogP contribution in [-0.4, -0.2) is 39.5 Å². The highest BCUT2D eigenvalue weighted by atomic mass is 16.5. The van der Waals surface area contributed by atoms with Crippen LogP contribution >= 0.6 is 0 Å². The highest BCUT2D eigenvalue weighted by Gasteiger charge is 2.25. The first kappa shape index (κ1) is 17.4. The van der Waals surface area contributed by atoms with E-state index < -0.39 is 6.10 Å². The highest BCUT2D eigenvalue weighted by Crippen LogP contribution is 2.38. The van der Waals surface area contributed by atoms with Crippen molar-refractivity contribution in [2.24, 2.45) is 0 Å². The lowest BCUT2D eigenvalue weighted by Gasteiger charge is -2.34. The van der Waals surface area contributed by atoms with Crippen molar-refractivity contribution in [1.82, 2.24) is 0 Å². The van der Waals surface area contributed by atoms with Crippen molar-refractivity contribution in [3.63, 3.8) is 0 Å². The molecule has 0 fully saturated rings. The number of aliphatic hydroxyl groups excluding tert-OH is 1. The molecule has 1 atom stereocenters. The Morgan fingerprint density at radius 3 is 2.56 bits per heavy atom. The number of ether oxygens (including phenoxy) is 3. The van der Waals surface area contributed by atoms with Gasteiger partial charge >= 0.3 is 0 Å².